The molecule has 1 N–H and O–H groups in total. The molecule has 0 aliphatic rings. The van der Waals surface area contributed by atoms with E-state index in [0.29, 0.717) is 24.3 Å². The second-order valence-corrected chi connectivity index (χ2v) is 5.77. The van der Waals surface area contributed by atoms with Gasteiger partial charge in [0, 0.05) is 17.3 Å². The fraction of sp³-hybridized carbons (Fsp3) is 0.222. The fourth-order valence-corrected chi connectivity index (χ4v) is 2.33. The van der Waals surface area contributed by atoms with E-state index in [0.717, 1.165) is 12.1 Å². The smallest absolute Gasteiger partial charge is 0.338 e. The number of benzene rings is 2. The molecule has 0 heterocycles. The molecule has 0 bridgehead atoms. The average molecular weight is 387 g/mol. The predicted octanol–water partition coefficient (Wildman–Crippen LogP) is 3.25. The highest BCUT2D eigenvalue weighted by molar-refractivity contribution is 5.94. The zero-order valence-corrected chi connectivity index (χ0v) is 14.9. The lowest BCUT2D eigenvalue weighted by Gasteiger charge is -2.07. The van der Waals surface area contributed by atoms with Gasteiger partial charge < -0.3 is 10.1 Å². The van der Waals surface area contributed by atoms with E-state index in [1.54, 1.807) is 0 Å². The molecule has 0 aliphatic heterocycles. The van der Waals surface area contributed by atoms with E-state index in [4.69, 9.17) is 4.74 Å². The van der Waals surface area contributed by atoms with Gasteiger partial charge in [0.05, 0.1) is 34.5 Å². The third-order valence-corrected chi connectivity index (χ3v) is 3.67. The summed E-state index contributed by atoms with van der Waals surface area (Å²) in [4.78, 5) is 44.3. The monoisotopic (exact) mass is 387 g/mol. The summed E-state index contributed by atoms with van der Waals surface area (Å²) in [6.07, 6.45) is 0.364. The Morgan fingerprint density at radius 1 is 1.04 bits per heavy atom. The molecular weight excluding hydrogens is 370 g/mol. The third-order valence-electron chi connectivity index (χ3n) is 3.67. The number of nitro benzene ring substituents is 2. The van der Waals surface area contributed by atoms with E-state index >= 15 is 0 Å². The number of esters is 1. The molecule has 2 rings (SSSR count). The Bertz CT molecular complexity index is 910. The zero-order chi connectivity index (χ0) is 20.7. The summed E-state index contributed by atoms with van der Waals surface area (Å²) < 4.78 is 5.00. The Balaban J connectivity index is 2.07. The number of carbonyl (C=O) groups is 2. The van der Waals surface area contributed by atoms with Gasteiger partial charge in [-0.25, -0.2) is 4.79 Å². The lowest BCUT2D eigenvalue weighted by molar-refractivity contribution is -0.394. The third kappa shape index (κ3) is 5.34. The topological polar surface area (TPSA) is 142 Å². The number of nitro groups is 2. The first-order valence-electron chi connectivity index (χ1n) is 8.30. The highest BCUT2D eigenvalue weighted by atomic mass is 16.6. The Hall–Kier alpha value is -3.82. The van der Waals surface area contributed by atoms with Gasteiger partial charge in [-0.3, -0.25) is 25.0 Å². The second-order valence-electron chi connectivity index (χ2n) is 5.77. The molecule has 0 atom stereocenters. The molecule has 28 heavy (non-hydrogen) atoms. The Labute approximate surface area is 159 Å². The summed E-state index contributed by atoms with van der Waals surface area (Å²) in [7, 11) is 0. The van der Waals surface area contributed by atoms with Crippen LogP contribution in [0, 0.1) is 20.2 Å². The van der Waals surface area contributed by atoms with Gasteiger partial charge in [-0.1, -0.05) is 6.92 Å². The van der Waals surface area contributed by atoms with E-state index in [-0.39, 0.29) is 12.0 Å². The highest BCUT2D eigenvalue weighted by Crippen LogP contribution is 2.25. The maximum absolute atomic E-state index is 12.2. The molecule has 0 aliphatic carbocycles. The van der Waals surface area contributed by atoms with Gasteiger partial charge >= 0.3 is 5.97 Å². The number of amides is 1. The van der Waals surface area contributed by atoms with Crippen molar-refractivity contribution in [1.29, 1.82) is 0 Å². The number of nitrogens with one attached hydrogen (secondary N) is 1. The zero-order valence-electron chi connectivity index (χ0n) is 14.9. The minimum absolute atomic E-state index is 0.0489. The van der Waals surface area contributed by atoms with Crippen molar-refractivity contribution >= 4 is 28.9 Å². The molecule has 2 aromatic carbocycles. The Kier molecular flexibility index (Phi) is 6.74. The van der Waals surface area contributed by atoms with Gasteiger partial charge in [-0.2, -0.15) is 0 Å². The van der Waals surface area contributed by atoms with Crippen LogP contribution in [-0.4, -0.2) is 28.3 Å². The first kappa shape index (κ1) is 20.5. The first-order chi connectivity index (χ1) is 13.3. The molecule has 0 radical (unpaired) electrons. The molecule has 0 saturated heterocycles. The molecule has 0 unspecified atom stereocenters. The average Bonchev–Trinajstić information content (AvgIpc) is 2.66. The minimum Gasteiger partial charge on any atom is -0.462 e. The van der Waals surface area contributed by atoms with Crippen LogP contribution in [0.5, 0.6) is 0 Å². The number of ether oxygens (including phenoxy) is 1. The highest BCUT2D eigenvalue weighted by Gasteiger charge is 2.21. The number of nitrogens with zero attached hydrogens (tertiary/aromatic N) is 2. The van der Waals surface area contributed by atoms with Crippen LogP contribution in [0.1, 0.15) is 29.3 Å². The summed E-state index contributed by atoms with van der Waals surface area (Å²) in [5.41, 5.74) is -0.160. The van der Waals surface area contributed by atoms with Crippen molar-refractivity contribution in [2.24, 2.45) is 0 Å². The van der Waals surface area contributed by atoms with Gasteiger partial charge in [0.1, 0.15) is 0 Å². The van der Waals surface area contributed by atoms with E-state index in [1.165, 1.54) is 30.3 Å². The molecular formula is C18H17N3O7. The van der Waals surface area contributed by atoms with Crippen LogP contribution in [0.15, 0.2) is 42.5 Å². The van der Waals surface area contributed by atoms with Crippen LogP contribution in [0.25, 0.3) is 0 Å². The van der Waals surface area contributed by atoms with Crippen molar-refractivity contribution < 1.29 is 24.2 Å². The van der Waals surface area contributed by atoms with Gasteiger partial charge in [0.2, 0.25) is 5.91 Å². The minimum atomic E-state index is -0.772. The number of hydrogen-bond donors (Lipinski definition) is 1. The van der Waals surface area contributed by atoms with E-state index in [9.17, 15) is 29.8 Å². The van der Waals surface area contributed by atoms with Crippen LogP contribution in [0.4, 0.5) is 17.1 Å². The molecule has 146 valence electrons. The van der Waals surface area contributed by atoms with Gasteiger partial charge in [0.25, 0.3) is 11.4 Å². The molecule has 0 saturated carbocycles. The molecule has 0 spiro atoms. The van der Waals surface area contributed by atoms with E-state index in [1.807, 2.05) is 6.92 Å². The van der Waals surface area contributed by atoms with Gasteiger partial charge in [-0.15, -0.1) is 0 Å². The molecule has 0 aromatic heterocycles. The quantitative estimate of drug-likeness (QED) is 0.416. The van der Waals surface area contributed by atoms with E-state index < -0.39 is 33.1 Å². The van der Waals surface area contributed by atoms with Crippen molar-refractivity contribution in [2.75, 3.05) is 11.9 Å². The molecule has 1 amide bonds. The van der Waals surface area contributed by atoms with Crippen LogP contribution in [-0.2, 0) is 16.0 Å². The van der Waals surface area contributed by atoms with E-state index in [2.05, 4.69) is 5.32 Å². The number of anilines is 1. The van der Waals surface area contributed by atoms with Crippen molar-refractivity contribution in [3.63, 3.8) is 0 Å². The summed E-state index contributed by atoms with van der Waals surface area (Å²) >= 11 is 0. The summed E-state index contributed by atoms with van der Waals surface area (Å²) in [5.74, 6) is -1.01. The molecule has 2 aromatic rings. The van der Waals surface area contributed by atoms with Gasteiger partial charge in [0.15, 0.2) is 0 Å². The summed E-state index contributed by atoms with van der Waals surface area (Å²) in [6.45, 7) is 2.19. The van der Waals surface area contributed by atoms with Gasteiger partial charge in [-0.05, 0) is 36.8 Å². The van der Waals surface area contributed by atoms with Crippen LogP contribution < -0.4 is 5.32 Å². The van der Waals surface area contributed by atoms with Crippen molar-refractivity contribution in [1.82, 2.24) is 0 Å². The van der Waals surface area contributed by atoms with Crippen molar-refractivity contribution in [3.8, 4) is 0 Å². The van der Waals surface area contributed by atoms with Crippen molar-refractivity contribution in [3.05, 3.63) is 73.8 Å². The second kappa shape index (κ2) is 9.21. The summed E-state index contributed by atoms with van der Waals surface area (Å²) in [6, 6.07) is 9.09. The first-order valence-corrected chi connectivity index (χ1v) is 8.30. The number of hydrogen-bond acceptors (Lipinski definition) is 7. The van der Waals surface area contributed by atoms with Crippen LogP contribution >= 0.6 is 0 Å². The maximum atomic E-state index is 12.2. The number of non-ortho nitro benzene ring substituents is 1. The van der Waals surface area contributed by atoms with Crippen LogP contribution in [0.3, 0.4) is 0 Å². The number of rotatable bonds is 8. The predicted molar refractivity (Wildman–Crippen MR) is 99.1 cm³/mol. The lowest BCUT2D eigenvalue weighted by atomic mass is 10.1. The SMILES string of the molecule is CCCOC(=O)c1ccc(NC(=O)Cc2ccc([N+](=O)[O-])cc2[N+](=O)[O-])cc1. The fourth-order valence-electron chi connectivity index (χ4n) is 2.33. The maximum Gasteiger partial charge on any atom is 0.338 e. The normalized spacial score (nSPS) is 10.2. The molecule has 10 nitrogen and oxygen atoms in total. The Morgan fingerprint density at radius 3 is 2.29 bits per heavy atom. The summed E-state index contributed by atoms with van der Waals surface area (Å²) in [5, 5.41) is 24.4. The van der Waals surface area contributed by atoms with Crippen molar-refractivity contribution in [2.45, 2.75) is 19.8 Å². The van der Waals surface area contributed by atoms with Crippen LogP contribution in [0.2, 0.25) is 0 Å². The Morgan fingerprint density at radius 2 is 1.71 bits per heavy atom. The standard InChI is InChI=1S/C18H17N3O7/c1-2-9-28-18(23)12-3-6-14(7-4-12)19-17(22)10-13-5-8-15(20(24)25)11-16(13)21(26)27/h3-8,11H,2,9-10H2,1H3,(H,19,22). The number of carbonyl (C=O) groups excluding carboxylic acids is 2. The lowest BCUT2D eigenvalue weighted by Crippen LogP contribution is -2.15. The largest absolute Gasteiger partial charge is 0.462 e. The molecule has 0 fully saturated rings. The molecule has 10 heteroatoms.